The van der Waals surface area contributed by atoms with E-state index in [0.717, 1.165) is 5.56 Å². The maximum atomic E-state index is 12.5. The van der Waals surface area contributed by atoms with Gasteiger partial charge < -0.3 is 24.2 Å². The molecule has 1 aliphatic heterocycles. The van der Waals surface area contributed by atoms with E-state index in [9.17, 15) is 9.59 Å². The summed E-state index contributed by atoms with van der Waals surface area (Å²) in [6.45, 7) is 1.04. The Morgan fingerprint density at radius 2 is 1.91 bits per heavy atom. The van der Waals surface area contributed by atoms with Gasteiger partial charge in [0, 0.05) is 30.8 Å². The van der Waals surface area contributed by atoms with Gasteiger partial charge in [0.05, 0.1) is 20.8 Å². The third-order valence-corrected chi connectivity index (χ3v) is 5.58. The predicted octanol–water partition coefficient (Wildman–Crippen LogP) is 2.28. The first-order valence-electron chi connectivity index (χ1n) is 10.6. The smallest absolute Gasteiger partial charge is 0.270 e. The number of likely N-dealkylation sites (tertiary alicyclic amines) is 1. The van der Waals surface area contributed by atoms with Crippen molar-refractivity contribution in [2.45, 2.75) is 18.8 Å². The minimum atomic E-state index is -0.368. The van der Waals surface area contributed by atoms with E-state index < -0.39 is 0 Å². The lowest BCUT2D eigenvalue weighted by Crippen LogP contribution is -2.43. The normalized spacial score (nSPS) is 14.1. The van der Waals surface area contributed by atoms with Crippen LogP contribution in [-0.4, -0.2) is 65.7 Å². The van der Waals surface area contributed by atoms with Gasteiger partial charge in [0.15, 0.2) is 11.5 Å². The zero-order chi connectivity index (χ0) is 23.2. The largest absolute Gasteiger partial charge is 0.493 e. The molecule has 2 amide bonds. The van der Waals surface area contributed by atoms with Crippen molar-refractivity contribution in [3.63, 3.8) is 0 Å². The molecular formula is C23H25N5O5. The van der Waals surface area contributed by atoms with E-state index in [2.05, 4.69) is 20.4 Å². The van der Waals surface area contributed by atoms with Gasteiger partial charge in [-0.3, -0.25) is 14.6 Å². The van der Waals surface area contributed by atoms with Gasteiger partial charge in [0.2, 0.25) is 17.6 Å². The molecule has 0 bridgehead atoms. The summed E-state index contributed by atoms with van der Waals surface area (Å²) in [7, 11) is 3.15. The second-order valence-corrected chi connectivity index (χ2v) is 7.58. The molecule has 172 valence electrons. The van der Waals surface area contributed by atoms with E-state index in [4.69, 9.17) is 14.0 Å². The molecule has 1 aromatic carbocycles. The third kappa shape index (κ3) is 5.11. The third-order valence-electron chi connectivity index (χ3n) is 5.58. The second kappa shape index (κ2) is 10.1. The van der Waals surface area contributed by atoms with Gasteiger partial charge in [-0.1, -0.05) is 11.2 Å². The summed E-state index contributed by atoms with van der Waals surface area (Å²) in [5.41, 5.74) is 1.05. The Bertz CT molecular complexity index is 1110. The first-order chi connectivity index (χ1) is 16.1. The number of rotatable bonds is 7. The summed E-state index contributed by atoms with van der Waals surface area (Å²) in [5, 5.41) is 6.73. The molecule has 0 saturated carbocycles. The SMILES string of the molecule is COc1ccc(-c2noc(C3CCN(C(=O)CNC(=O)c4ccccn4)CC3)n2)cc1OC. The van der Waals surface area contributed by atoms with Gasteiger partial charge in [-0.2, -0.15) is 4.98 Å². The fourth-order valence-corrected chi connectivity index (χ4v) is 3.72. The highest BCUT2D eigenvalue weighted by Gasteiger charge is 2.28. The number of hydrogen-bond donors (Lipinski definition) is 1. The first-order valence-corrected chi connectivity index (χ1v) is 10.6. The van der Waals surface area contributed by atoms with E-state index in [1.165, 1.54) is 6.20 Å². The monoisotopic (exact) mass is 451 g/mol. The van der Waals surface area contributed by atoms with Gasteiger partial charge in [0.1, 0.15) is 5.69 Å². The Balaban J connectivity index is 1.31. The topological polar surface area (TPSA) is 120 Å². The Hall–Kier alpha value is -3.95. The average molecular weight is 451 g/mol. The van der Waals surface area contributed by atoms with Crippen LogP contribution in [-0.2, 0) is 4.79 Å². The number of ether oxygens (including phenoxy) is 2. The first kappa shape index (κ1) is 22.3. The van der Waals surface area contributed by atoms with Crippen LogP contribution in [0.1, 0.15) is 35.1 Å². The molecule has 1 aliphatic rings. The van der Waals surface area contributed by atoms with Crippen LogP contribution in [0, 0.1) is 0 Å². The van der Waals surface area contributed by atoms with E-state index >= 15 is 0 Å². The van der Waals surface area contributed by atoms with Crippen LogP contribution in [0.5, 0.6) is 11.5 Å². The summed E-state index contributed by atoms with van der Waals surface area (Å²) in [6, 6.07) is 10.5. The van der Waals surface area contributed by atoms with Crippen LogP contribution in [0.15, 0.2) is 47.1 Å². The van der Waals surface area contributed by atoms with Crippen LogP contribution in [0.2, 0.25) is 0 Å². The molecule has 10 nitrogen and oxygen atoms in total. The molecule has 1 N–H and O–H groups in total. The van der Waals surface area contributed by atoms with Crippen LogP contribution < -0.4 is 14.8 Å². The van der Waals surface area contributed by atoms with Crippen molar-refractivity contribution in [2.24, 2.45) is 0 Å². The highest BCUT2D eigenvalue weighted by atomic mass is 16.5. The number of carbonyl (C=O) groups excluding carboxylic acids is 2. The highest BCUT2D eigenvalue weighted by Crippen LogP contribution is 2.33. The fraction of sp³-hybridized carbons (Fsp3) is 0.348. The highest BCUT2D eigenvalue weighted by molar-refractivity contribution is 5.94. The van der Waals surface area contributed by atoms with Gasteiger partial charge in [-0.15, -0.1) is 0 Å². The molecule has 3 aromatic rings. The van der Waals surface area contributed by atoms with Crippen molar-refractivity contribution >= 4 is 11.8 Å². The lowest BCUT2D eigenvalue weighted by atomic mass is 9.96. The molecule has 4 rings (SSSR count). The number of carbonyl (C=O) groups is 2. The van der Waals surface area contributed by atoms with Crippen molar-refractivity contribution < 1.29 is 23.6 Å². The van der Waals surface area contributed by atoms with E-state index in [1.54, 1.807) is 49.5 Å². The number of methoxy groups -OCH3 is 2. The lowest BCUT2D eigenvalue weighted by molar-refractivity contribution is -0.131. The van der Waals surface area contributed by atoms with Gasteiger partial charge in [-0.05, 0) is 43.2 Å². The number of pyridine rings is 1. The summed E-state index contributed by atoms with van der Waals surface area (Å²) < 4.78 is 16.1. The van der Waals surface area contributed by atoms with Crippen molar-refractivity contribution in [3.05, 3.63) is 54.2 Å². The predicted molar refractivity (Wildman–Crippen MR) is 118 cm³/mol. The molecule has 2 aromatic heterocycles. The number of benzene rings is 1. The minimum Gasteiger partial charge on any atom is -0.493 e. The maximum absolute atomic E-state index is 12.5. The van der Waals surface area contributed by atoms with Gasteiger partial charge in [0.25, 0.3) is 5.91 Å². The van der Waals surface area contributed by atoms with Crippen LogP contribution in [0.4, 0.5) is 0 Å². The molecule has 1 saturated heterocycles. The van der Waals surface area contributed by atoms with Crippen LogP contribution >= 0.6 is 0 Å². The quantitative estimate of drug-likeness (QED) is 0.581. The molecule has 0 aliphatic carbocycles. The molecule has 10 heteroatoms. The molecule has 0 spiro atoms. The number of amides is 2. The van der Waals surface area contributed by atoms with Crippen LogP contribution in [0.25, 0.3) is 11.4 Å². The van der Waals surface area contributed by atoms with Crippen molar-refractivity contribution in [2.75, 3.05) is 33.9 Å². The van der Waals surface area contributed by atoms with Gasteiger partial charge >= 0.3 is 0 Å². The van der Waals surface area contributed by atoms with E-state index in [0.29, 0.717) is 49.1 Å². The second-order valence-electron chi connectivity index (χ2n) is 7.58. The summed E-state index contributed by atoms with van der Waals surface area (Å²) in [5.74, 6) is 1.80. The van der Waals surface area contributed by atoms with Crippen molar-refractivity contribution in [1.29, 1.82) is 0 Å². The molecule has 0 radical (unpaired) electrons. The minimum absolute atomic E-state index is 0.0654. The summed E-state index contributed by atoms with van der Waals surface area (Å²) >= 11 is 0. The summed E-state index contributed by atoms with van der Waals surface area (Å²) in [4.78, 5) is 34.8. The zero-order valence-corrected chi connectivity index (χ0v) is 18.5. The number of nitrogens with zero attached hydrogens (tertiary/aromatic N) is 4. The van der Waals surface area contributed by atoms with E-state index in [1.807, 2.05) is 6.07 Å². The number of piperidine rings is 1. The molecular weight excluding hydrogens is 426 g/mol. The Kier molecular flexibility index (Phi) is 6.82. The van der Waals surface area contributed by atoms with Gasteiger partial charge in [-0.25, -0.2) is 0 Å². The zero-order valence-electron chi connectivity index (χ0n) is 18.5. The van der Waals surface area contributed by atoms with Crippen molar-refractivity contribution in [1.82, 2.24) is 25.3 Å². The maximum Gasteiger partial charge on any atom is 0.270 e. The number of nitrogens with one attached hydrogen (secondary N) is 1. The van der Waals surface area contributed by atoms with Crippen molar-refractivity contribution in [3.8, 4) is 22.9 Å². The molecule has 0 atom stereocenters. The van der Waals surface area contributed by atoms with E-state index in [-0.39, 0.29) is 30.0 Å². The molecule has 1 fully saturated rings. The summed E-state index contributed by atoms with van der Waals surface area (Å²) in [6.07, 6.45) is 2.94. The fourth-order valence-electron chi connectivity index (χ4n) is 3.72. The van der Waals surface area contributed by atoms with Crippen LogP contribution in [0.3, 0.4) is 0 Å². The Morgan fingerprint density at radius 1 is 1.12 bits per heavy atom. The number of hydrogen-bond acceptors (Lipinski definition) is 8. The standard InChI is InChI=1S/C23H25N5O5/c1-31-18-7-6-16(13-19(18)32-2)21-26-23(33-27-21)15-8-11-28(12-9-15)20(29)14-25-22(30)17-5-3-4-10-24-17/h3-7,10,13,15H,8-9,11-12,14H2,1-2H3,(H,25,30). The molecule has 0 unspecified atom stereocenters. The molecule has 3 heterocycles. The molecule has 33 heavy (non-hydrogen) atoms. The number of aromatic nitrogens is 3. The lowest BCUT2D eigenvalue weighted by Gasteiger charge is -2.30. The Morgan fingerprint density at radius 3 is 2.61 bits per heavy atom. The Labute approximate surface area is 190 Å². The average Bonchev–Trinajstić information content (AvgIpc) is 3.37.